The fraction of sp³-hybridized carbons (Fsp3) is 0.653. The molecule has 14 heteroatoms. The number of amides is 1. The van der Waals surface area contributed by atoms with Crippen LogP contribution in [0.5, 0.6) is 23.0 Å². The van der Waals surface area contributed by atoms with Gasteiger partial charge in [-0.05, 0) is 149 Å². The number of ether oxygens (including phenoxy) is 4. The third-order valence-corrected chi connectivity index (χ3v) is 18.1. The molecule has 5 heterocycles. The molecule has 0 unspecified atom stereocenters. The molecule has 5 aliphatic rings. The predicted octanol–water partition coefficient (Wildman–Crippen LogP) is 11.9. The lowest BCUT2D eigenvalue weighted by molar-refractivity contribution is -0.119. The van der Waals surface area contributed by atoms with Crippen LogP contribution in [0.25, 0.3) is 0 Å². The maximum Gasteiger partial charge on any atom is 0.241 e. The van der Waals surface area contributed by atoms with Crippen LogP contribution in [-0.2, 0) is 32.9 Å². The number of likely N-dealkylation sites (N-methyl/N-ethyl adjacent to an activating group) is 3. The lowest BCUT2D eigenvalue weighted by Crippen LogP contribution is -2.52. The zero-order valence-corrected chi connectivity index (χ0v) is 58.0. The monoisotopic (exact) mass is 1190 g/mol. The zero-order chi connectivity index (χ0) is 63.5. The molecule has 0 bridgehead atoms. The third kappa shape index (κ3) is 18.9. The first kappa shape index (κ1) is 69.8. The Labute approximate surface area is 523 Å². The maximum atomic E-state index is 12.4. The number of carbonyl (C=O) groups excluding carboxylic acids is 1. The van der Waals surface area contributed by atoms with Gasteiger partial charge in [0.05, 0.1) is 35.0 Å². The molecular formula is C72H117N9O5. The van der Waals surface area contributed by atoms with Crippen LogP contribution in [0.1, 0.15) is 137 Å². The standard InChI is InChI=1S/C21H35N3O.C18H30N2O.C17H26N2O2.C16H26N2O/c1-21(2,3)19-7-6-18(16-20(19)25-5)23-10-8-17(9-11-23)24-14-12-22(4)13-15-24;1-18(2,3)16-8-7-15(13-17(16)21-6)20-11-9-14(10-12-20)19(4)5;1-17(2,3)13-10-14-12(9-15(13)21-6)7-8-19(14)16(20)11-18(4)5;1-16(2,3)14-7-6-13(12-15(14)19-5)18-10-8-17(4)9-11-18/h6-7,16-17H,8-15H2,1-5H3;7-8,13-14H,9-12H2,1-6H3;9-10H,7-8,11H2,1-6H3;6-7,12H,8-11H2,1-5H3. The summed E-state index contributed by atoms with van der Waals surface area (Å²) in [5.74, 6) is 4.11. The number of nitrogens with zero attached hydrogens (tertiary/aromatic N) is 9. The van der Waals surface area contributed by atoms with Crippen molar-refractivity contribution in [2.24, 2.45) is 0 Å². The molecule has 4 fully saturated rings. The zero-order valence-electron chi connectivity index (χ0n) is 58.0. The lowest BCUT2D eigenvalue weighted by atomic mass is 9.85. The van der Waals surface area contributed by atoms with Crippen molar-refractivity contribution >= 4 is 28.7 Å². The first-order chi connectivity index (χ1) is 40.4. The van der Waals surface area contributed by atoms with Gasteiger partial charge in [-0.25, -0.2) is 0 Å². The van der Waals surface area contributed by atoms with Crippen molar-refractivity contribution in [3.05, 3.63) is 94.5 Å². The van der Waals surface area contributed by atoms with Crippen LogP contribution < -0.4 is 38.5 Å². The van der Waals surface area contributed by atoms with E-state index in [0.29, 0.717) is 6.54 Å². The first-order valence-corrected chi connectivity index (χ1v) is 32.1. The van der Waals surface area contributed by atoms with Crippen LogP contribution in [0.3, 0.4) is 0 Å². The van der Waals surface area contributed by atoms with Gasteiger partial charge in [0.15, 0.2) is 0 Å². The predicted molar refractivity (Wildman–Crippen MR) is 364 cm³/mol. The SMILES string of the molecule is COc1cc(N2CCC(N(C)C)CC2)ccc1C(C)(C)C.COc1cc(N2CCC(N3CCN(C)CC3)CC2)ccc1C(C)(C)C.COc1cc(N2CCN(C)CC2)ccc1C(C)(C)C.COc1cc2c(cc1C(C)(C)C)N(C(=O)CN(C)C)CC2. The van der Waals surface area contributed by atoms with Crippen molar-refractivity contribution in [2.45, 2.75) is 149 Å². The summed E-state index contributed by atoms with van der Waals surface area (Å²) >= 11 is 0. The summed E-state index contributed by atoms with van der Waals surface area (Å²) in [5, 5.41) is 0. The van der Waals surface area contributed by atoms with E-state index in [-0.39, 0.29) is 27.6 Å². The van der Waals surface area contributed by atoms with Crippen LogP contribution in [0, 0.1) is 0 Å². The van der Waals surface area contributed by atoms with Crippen LogP contribution >= 0.6 is 0 Å². The number of hydrogen-bond donors (Lipinski definition) is 0. The highest BCUT2D eigenvalue weighted by molar-refractivity contribution is 5.97. The molecule has 9 rings (SSSR count). The Bertz CT molecular complexity index is 2760. The molecule has 0 aliphatic carbocycles. The molecule has 0 saturated carbocycles. The summed E-state index contributed by atoms with van der Waals surface area (Å²) in [6.07, 6.45) is 5.90. The van der Waals surface area contributed by atoms with E-state index >= 15 is 0 Å². The third-order valence-electron chi connectivity index (χ3n) is 18.1. The van der Waals surface area contributed by atoms with Gasteiger partial charge in [-0.15, -0.1) is 0 Å². The molecule has 86 heavy (non-hydrogen) atoms. The van der Waals surface area contributed by atoms with Crippen molar-refractivity contribution in [3.63, 3.8) is 0 Å². The molecule has 0 radical (unpaired) electrons. The largest absolute Gasteiger partial charge is 0.496 e. The van der Waals surface area contributed by atoms with Gasteiger partial charge < -0.3 is 58.1 Å². The molecule has 480 valence electrons. The van der Waals surface area contributed by atoms with Gasteiger partial charge in [-0.3, -0.25) is 9.69 Å². The number of hydrogen-bond acceptors (Lipinski definition) is 13. The Morgan fingerprint density at radius 1 is 0.453 bits per heavy atom. The van der Waals surface area contributed by atoms with Gasteiger partial charge in [-0.2, -0.15) is 0 Å². The van der Waals surface area contributed by atoms with E-state index in [2.05, 4.69) is 212 Å². The van der Waals surface area contributed by atoms with Crippen LogP contribution in [0.15, 0.2) is 66.7 Å². The second kappa shape index (κ2) is 30.3. The Balaban J connectivity index is 0.000000184. The molecule has 1 amide bonds. The number of rotatable bonds is 11. The minimum Gasteiger partial charge on any atom is -0.496 e. The summed E-state index contributed by atoms with van der Waals surface area (Å²) in [4.78, 5) is 33.5. The fourth-order valence-electron chi connectivity index (χ4n) is 12.7. The minimum absolute atomic E-state index is 0.0147. The Morgan fingerprint density at radius 3 is 1.17 bits per heavy atom. The fourth-order valence-corrected chi connectivity index (χ4v) is 12.7. The lowest BCUT2D eigenvalue weighted by Gasteiger charge is -2.42. The molecule has 4 aromatic rings. The van der Waals surface area contributed by atoms with Gasteiger partial charge in [0.1, 0.15) is 23.0 Å². The smallest absolute Gasteiger partial charge is 0.241 e. The highest BCUT2D eigenvalue weighted by atomic mass is 16.5. The van der Waals surface area contributed by atoms with E-state index in [1.54, 1.807) is 28.4 Å². The summed E-state index contributed by atoms with van der Waals surface area (Å²) < 4.78 is 22.5. The normalized spacial score (nSPS) is 18.0. The van der Waals surface area contributed by atoms with Gasteiger partial charge in [0, 0.05) is 144 Å². The van der Waals surface area contributed by atoms with Crippen molar-refractivity contribution in [2.75, 3.05) is 182 Å². The molecule has 5 aliphatic heterocycles. The molecule has 14 nitrogen and oxygen atoms in total. The number of piperidine rings is 2. The highest BCUT2D eigenvalue weighted by Crippen LogP contribution is 2.41. The number of anilines is 4. The van der Waals surface area contributed by atoms with Crippen molar-refractivity contribution in [1.82, 2.24) is 24.5 Å². The maximum absolute atomic E-state index is 12.4. The molecule has 0 spiro atoms. The van der Waals surface area contributed by atoms with Crippen molar-refractivity contribution in [3.8, 4) is 23.0 Å². The quantitative estimate of drug-likeness (QED) is 0.143. The van der Waals surface area contributed by atoms with E-state index in [1.165, 1.54) is 91.2 Å². The van der Waals surface area contributed by atoms with Crippen molar-refractivity contribution in [1.29, 1.82) is 0 Å². The molecular weight excluding hydrogens is 1070 g/mol. The number of piperazine rings is 2. The molecule has 0 N–H and O–H groups in total. The first-order valence-electron chi connectivity index (χ1n) is 32.1. The number of benzene rings is 4. The highest BCUT2D eigenvalue weighted by Gasteiger charge is 2.32. The Kier molecular flexibility index (Phi) is 24.6. The average Bonchev–Trinajstić information content (AvgIpc) is 1.62. The average molecular weight is 1190 g/mol. The topological polar surface area (TPSA) is 83.2 Å². The summed E-state index contributed by atoms with van der Waals surface area (Å²) in [6.45, 7) is 41.7. The molecule has 0 aromatic heterocycles. The molecule has 4 aromatic carbocycles. The van der Waals surface area contributed by atoms with E-state index in [4.69, 9.17) is 18.9 Å². The molecule has 4 saturated heterocycles. The second-order valence-electron chi connectivity index (χ2n) is 29.4. The van der Waals surface area contributed by atoms with Gasteiger partial charge in [-0.1, -0.05) is 101 Å². The van der Waals surface area contributed by atoms with Crippen LogP contribution in [0.4, 0.5) is 22.7 Å². The summed E-state index contributed by atoms with van der Waals surface area (Å²) in [5.41, 5.74) is 11.4. The summed E-state index contributed by atoms with van der Waals surface area (Å²) in [6, 6.07) is 25.8. The molecule has 0 atom stereocenters. The minimum atomic E-state index is -0.0147. The van der Waals surface area contributed by atoms with E-state index in [9.17, 15) is 4.79 Å². The van der Waals surface area contributed by atoms with E-state index in [0.717, 1.165) is 112 Å². The van der Waals surface area contributed by atoms with E-state index < -0.39 is 0 Å². The van der Waals surface area contributed by atoms with E-state index in [1.807, 2.05) is 23.9 Å². The van der Waals surface area contributed by atoms with Crippen molar-refractivity contribution < 1.29 is 23.7 Å². The second-order valence-corrected chi connectivity index (χ2v) is 29.4. The Morgan fingerprint density at radius 2 is 0.814 bits per heavy atom. The Hall–Kier alpha value is -5.25. The van der Waals surface area contributed by atoms with Gasteiger partial charge >= 0.3 is 0 Å². The number of carbonyl (C=O) groups is 1. The van der Waals surface area contributed by atoms with Gasteiger partial charge in [0.2, 0.25) is 5.91 Å². The summed E-state index contributed by atoms with van der Waals surface area (Å²) in [7, 11) is 19.6. The van der Waals surface area contributed by atoms with Gasteiger partial charge in [0.25, 0.3) is 0 Å². The van der Waals surface area contributed by atoms with Crippen LogP contribution in [0.2, 0.25) is 0 Å². The van der Waals surface area contributed by atoms with Crippen LogP contribution in [-0.4, -0.2) is 205 Å². The number of methoxy groups -OCH3 is 4. The number of fused-ring (bicyclic) bond motifs is 1.